The summed E-state index contributed by atoms with van der Waals surface area (Å²) >= 11 is 11.7. The lowest BCUT2D eigenvalue weighted by atomic mass is 10.2. The fourth-order valence-corrected chi connectivity index (χ4v) is 2.24. The third kappa shape index (κ3) is 4.71. The quantitative estimate of drug-likeness (QED) is 0.573. The Morgan fingerprint density at radius 2 is 1.70 bits per heavy atom. The van der Waals surface area contributed by atoms with Crippen LogP contribution < -0.4 is 4.74 Å². The van der Waals surface area contributed by atoms with E-state index in [0.29, 0.717) is 22.9 Å². The van der Waals surface area contributed by atoms with Crippen molar-refractivity contribution in [3.05, 3.63) is 63.6 Å². The molecule has 0 N–H and O–H groups in total. The Kier molecular flexibility index (Phi) is 6.02. The fourth-order valence-electron chi connectivity index (χ4n) is 1.75. The molecular formula is C17H14Cl2O4. The lowest BCUT2D eigenvalue weighted by molar-refractivity contribution is 0.0505. The van der Waals surface area contributed by atoms with E-state index >= 15 is 0 Å². The van der Waals surface area contributed by atoms with Crippen LogP contribution in [0.4, 0.5) is 0 Å². The van der Waals surface area contributed by atoms with Crippen LogP contribution in [0.1, 0.15) is 34.1 Å². The first-order valence-corrected chi connectivity index (χ1v) is 7.71. The van der Waals surface area contributed by atoms with Crippen molar-refractivity contribution in [2.75, 3.05) is 6.61 Å². The number of ether oxygens (including phenoxy) is 2. The summed E-state index contributed by atoms with van der Waals surface area (Å²) in [6.07, 6.45) is 0.753. The van der Waals surface area contributed by atoms with Gasteiger partial charge in [0.1, 0.15) is 5.75 Å². The molecule has 0 aliphatic carbocycles. The Bertz CT molecular complexity index is 711. The number of benzene rings is 2. The summed E-state index contributed by atoms with van der Waals surface area (Å²) in [5, 5.41) is 0.642. The van der Waals surface area contributed by atoms with Gasteiger partial charge in [0.2, 0.25) is 0 Å². The van der Waals surface area contributed by atoms with E-state index in [0.717, 1.165) is 6.42 Å². The predicted octanol–water partition coefficient (Wildman–Crippen LogP) is 4.78. The Morgan fingerprint density at radius 3 is 2.30 bits per heavy atom. The normalized spacial score (nSPS) is 10.2. The Labute approximate surface area is 143 Å². The van der Waals surface area contributed by atoms with Gasteiger partial charge in [-0.25, -0.2) is 9.59 Å². The summed E-state index contributed by atoms with van der Waals surface area (Å²) in [4.78, 5) is 23.7. The molecule has 0 amide bonds. The second kappa shape index (κ2) is 7.99. The molecule has 0 saturated heterocycles. The molecule has 0 radical (unpaired) electrons. The van der Waals surface area contributed by atoms with Gasteiger partial charge in [-0.15, -0.1) is 0 Å². The summed E-state index contributed by atoms with van der Waals surface area (Å²) in [6.45, 7) is 2.28. The maximum absolute atomic E-state index is 12.1. The average Bonchev–Trinajstić information content (AvgIpc) is 2.53. The molecule has 2 rings (SSSR count). The van der Waals surface area contributed by atoms with Gasteiger partial charge in [-0.2, -0.15) is 0 Å². The molecule has 0 atom stereocenters. The predicted molar refractivity (Wildman–Crippen MR) is 88.4 cm³/mol. The Balaban J connectivity index is 2.05. The number of rotatable bonds is 5. The van der Waals surface area contributed by atoms with Gasteiger partial charge in [-0.05, 0) is 48.9 Å². The van der Waals surface area contributed by atoms with Crippen molar-refractivity contribution in [3.8, 4) is 5.75 Å². The molecule has 23 heavy (non-hydrogen) atoms. The zero-order valence-corrected chi connectivity index (χ0v) is 13.9. The highest BCUT2D eigenvalue weighted by Crippen LogP contribution is 2.23. The van der Waals surface area contributed by atoms with Crippen molar-refractivity contribution < 1.29 is 19.1 Å². The van der Waals surface area contributed by atoms with E-state index in [4.69, 9.17) is 32.7 Å². The highest BCUT2D eigenvalue weighted by Gasteiger charge is 2.14. The minimum Gasteiger partial charge on any atom is -0.462 e. The molecule has 6 heteroatoms. The third-order valence-electron chi connectivity index (χ3n) is 2.89. The SMILES string of the molecule is CCCOC(=O)c1ccc(OC(=O)c2ccc(Cl)cc2Cl)cc1. The van der Waals surface area contributed by atoms with Crippen LogP contribution >= 0.6 is 23.2 Å². The first-order valence-electron chi connectivity index (χ1n) is 6.95. The van der Waals surface area contributed by atoms with E-state index in [-0.39, 0.29) is 10.6 Å². The van der Waals surface area contributed by atoms with Gasteiger partial charge in [-0.1, -0.05) is 30.1 Å². The van der Waals surface area contributed by atoms with Gasteiger partial charge < -0.3 is 9.47 Å². The zero-order chi connectivity index (χ0) is 16.8. The molecule has 2 aromatic rings. The summed E-state index contributed by atoms with van der Waals surface area (Å²) in [5.41, 5.74) is 0.602. The summed E-state index contributed by atoms with van der Waals surface area (Å²) in [6, 6.07) is 10.6. The van der Waals surface area contributed by atoms with Gasteiger partial charge >= 0.3 is 11.9 Å². The van der Waals surface area contributed by atoms with Crippen LogP contribution in [0.25, 0.3) is 0 Å². The number of carbonyl (C=O) groups excluding carboxylic acids is 2. The van der Waals surface area contributed by atoms with E-state index in [1.165, 1.54) is 36.4 Å². The lowest BCUT2D eigenvalue weighted by Crippen LogP contribution is -2.10. The molecule has 0 aromatic heterocycles. The van der Waals surface area contributed by atoms with E-state index < -0.39 is 11.9 Å². The van der Waals surface area contributed by atoms with Gasteiger partial charge in [0.25, 0.3) is 0 Å². The van der Waals surface area contributed by atoms with Crippen molar-refractivity contribution in [3.63, 3.8) is 0 Å². The number of hydrogen-bond acceptors (Lipinski definition) is 4. The second-order valence-corrected chi connectivity index (χ2v) is 5.52. The molecule has 2 aromatic carbocycles. The molecule has 0 unspecified atom stereocenters. The van der Waals surface area contributed by atoms with Crippen LogP contribution in [-0.4, -0.2) is 18.5 Å². The molecule has 0 fully saturated rings. The highest BCUT2D eigenvalue weighted by molar-refractivity contribution is 6.36. The maximum atomic E-state index is 12.1. The van der Waals surface area contributed by atoms with Crippen LogP contribution in [0.5, 0.6) is 5.75 Å². The first-order chi connectivity index (χ1) is 11.0. The maximum Gasteiger partial charge on any atom is 0.345 e. The number of esters is 2. The van der Waals surface area contributed by atoms with Crippen molar-refractivity contribution in [2.24, 2.45) is 0 Å². The first kappa shape index (κ1) is 17.3. The van der Waals surface area contributed by atoms with E-state index in [1.807, 2.05) is 6.92 Å². The molecule has 120 valence electrons. The van der Waals surface area contributed by atoms with Crippen LogP contribution in [-0.2, 0) is 4.74 Å². The minimum absolute atomic E-state index is 0.210. The molecule has 0 spiro atoms. The molecule has 4 nitrogen and oxygen atoms in total. The minimum atomic E-state index is -0.604. The second-order valence-electron chi connectivity index (χ2n) is 4.67. The monoisotopic (exact) mass is 352 g/mol. The molecule has 0 aliphatic rings. The van der Waals surface area contributed by atoms with E-state index in [9.17, 15) is 9.59 Å². The molecule has 0 aliphatic heterocycles. The number of carbonyl (C=O) groups is 2. The summed E-state index contributed by atoms with van der Waals surface area (Å²) in [5.74, 6) is -0.716. The van der Waals surface area contributed by atoms with Crippen LogP contribution in [0.2, 0.25) is 10.0 Å². The van der Waals surface area contributed by atoms with Crippen LogP contribution in [0, 0.1) is 0 Å². The van der Waals surface area contributed by atoms with Crippen LogP contribution in [0.3, 0.4) is 0 Å². The van der Waals surface area contributed by atoms with Crippen molar-refractivity contribution in [1.29, 1.82) is 0 Å². The van der Waals surface area contributed by atoms with Crippen molar-refractivity contribution >= 4 is 35.1 Å². The standard InChI is InChI=1S/C17H14Cl2O4/c1-2-9-22-16(20)11-3-6-13(7-4-11)23-17(21)14-8-5-12(18)10-15(14)19/h3-8,10H,2,9H2,1H3. The molecular weight excluding hydrogens is 339 g/mol. The van der Waals surface area contributed by atoms with Gasteiger partial charge in [-0.3, -0.25) is 0 Å². The van der Waals surface area contributed by atoms with Crippen molar-refractivity contribution in [1.82, 2.24) is 0 Å². The largest absolute Gasteiger partial charge is 0.462 e. The lowest BCUT2D eigenvalue weighted by Gasteiger charge is -2.07. The number of halogens is 2. The van der Waals surface area contributed by atoms with Gasteiger partial charge in [0.15, 0.2) is 0 Å². The van der Waals surface area contributed by atoms with Crippen molar-refractivity contribution in [2.45, 2.75) is 13.3 Å². The topological polar surface area (TPSA) is 52.6 Å². The fraction of sp³-hybridized carbons (Fsp3) is 0.176. The Hall–Kier alpha value is -2.04. The van der Waals surface area contributed by atoms with E-state index in [1.54, 1.807) is 6.07 Å². The summed E-state index contributed by atoms with van der Waals surface area (Å²) < 4.78 is 10.2. The zero-order valence-electron chi connectivity index (χ0n) is 12.3. The molecule has 0 saturated carbocycles. The molecule has 0 heterocycles. The average molecular weight is 353 g/mol. The highest BCUT2D eigenvalue weighted by atomic mass is 35.5. The smallest absolute Gasteiger partial charge is 0.345 e. The third-order valence-corrected chi connectivity index (χ3v) is 3.44. The van der Waals surface area contributed by atoms with Gasteiger partial charge in [0, 0.05) is 5.02 Å². The summed E-state index contributed by atoms with van der Waals surface area (Å²) in [7, 11) is 0. The van der Waals surface area contributed by atoms with Crippen LogP contribution in [0.15, 0.2) is 42.5 Å². The number of hydrogen-bond donors (Lipinski definition) is 0. The van der Waals surface area contributed by atoms with E-state index in [2.05, 4.69) is 0 Å². The van der Waals surface area contributed by atoms with Gasteiger partial charge in [0.05, 0.1) is 22.8 Å². The Morgan fingerprint density at radius 1 is 1.00 bits per heavy atom. The molecule has 0 bridgehead atoms.